The minimum absolute atomic E-state index is 0.602. The highest BCUT2D eigenvalue weighted by atomic mass is 16.5. The van der Waals surface area contributed by atoms with E-state index in [2.05, 4.69) is 16.6 Å². The van der Waals surface area contributed by atoms with Crippen LogP contribution in [0.15, 0.2) is 5.10 Å². The summed E-state index contributed by atoms with van der Waals surface area (Å²) in [7, 11) is 1.25. The van der Waals surface area contributed by atoms with E-state index in [9.17, 15) is 4.79 Å². The molecule has 0 aliphatic heterocycles. The molecule has 0 atom stereocenters. The smallest absolute Gasteiger partial charge is 0.427 e. The van der Waals surface area contributed by atoms with Crippen LogP contribution in [0.2, 0.25) is 0 Å². The first-order valence-corrected chi connectivity index (χ1v) is 1.61. The molecular formula is C3H6N2O2. The summed E-state index contributed by atoms with van der Waals surface area (Å²) in [6.07, 6.45) is -0.602. The van der Waals surface area contributed by atoms with Gasteiger partial charge in [-0.2, -0.15) is 5.10 Å². The fourth-order valence-electron chi connectivity index (χ4n) is 0.110. The largest absolute Gasteiger partial charge is 0.452 e. The standard InChI is InChI=1S/C3H6N2O2/c1-4-5-3(6)7-2/h1H2,2H3,(H,5,6). The summed E-state index contributed by atoms with van der Waals surface area (Å²) < 4.78 is 4.11. The fraction of sp³-hybridized carbons (Fsp3) is 0.333. The number of hydrogen-bond acceptors (Lipinski definition) is 3. The molecule has 0 bridgehead atoms. The Kier molecular flexibility index (Phi) is 2.67. The van der Waals surface area contributed by atoms with Gasteiger partial charge in [-0.3, -0.25) is 0 Å². The Hall–Kier alpha value is -1.06. The normalized spacial score (nSPS) is 7.00. The van der Waals surface area contributed by atoms with Gasteiger partial charge in [0.15, 0.2) is 0 Å². The Balaban J connectivity index is 3.17. The van der Waals surface area contributed by atoms with Gasteiger partial charge in [0.25, 0.3) is 0 Å². The molecule has 0 fully saturated rings. The van der Waals surface area contributed by atoms with Gasteiger partial charge in [-0.05, 0) is 0 Å². The summed E-state index contributed by atoms with van der Waals surface area (Å²) in [5.74, 6) is 0. The van der Waals surface area contributed by atoms with Crippen molar-refractivity contribution in [1.29, 1.82) is 0 Å². The molecule has 0 saturated carbocycles. The average Bonchev–Trinajstić information content (AvgIpc) is 1.68. The maximum atomic E-state index is 9.94. The third-order valence-corrected chi connectivity index (χ3v) is 0.356. The van der Waals surface area contributed by atoms with Crippen LogP contribution in [0.1, 0.15) is 0 Å². The molecule has 4 nitrogen and oxygen atoms in total. The van der Waals surface area contributed by atoms with Crippen molar-refractivity contribution in [3.05, 3.63) is 0 Å². The van der Waals surface area contributed by atoms with E-state index in [-0.39, 0.29) is 0 Å². The third-order valence-electron chi connectivity index (χ3n) is 0.356. The number of carbonyl (C=O) groups excluding carboxylic acids is 1. The predicted octanol–water partition coefficient (Wildman–Crippen LogP) is -0.0420. The molecule has 0 aromatic carbocycles. The quantitative estimate of drug-likeness (QED) is 0.373. The molecule has 0 unspecified atom stereocenters. The molecular weight excluding hydrogens is 96.0 g/mol. The van der Waals surface area contributed by atoms with Crippen LogP contribution >= 0.6 is 0 Å². The first-order valence-electron chi connectivity index (χ1n) is 1.61. The molecule has 0 aliphatic carbocycles. The van der Waals surface area contributed by atoms with E-state index in [1.54, 1.807) is 0 Å². The number of ether oxygens (including phenoxy) is 1. The summed E-state index contributed by atoms with van der Waals surface area (Å²) >= 11 is 0. The molecule has 0 aromatic rings. The zero-order chi connectivity index (χ0) is 5.70. The van der Waals surface area contributed by atoms with E-state index in [0.717, 1.165) is 0 Å². The van der Waals surface area contributed by atoms with Crippen LogP contribution in [-0.4, -0.2) is 19.9 Å². The van der Waals surface area contributed by atoms with Crippen molar-refractivity contribution in [1.82, 2.24) is 5.43 Å². The van der Waals surface area contributed by atoms with E-state index in [4.69, 9.17) is 0 Å². The lowest BCUT2D eigenvalue weighted by atomic mass is 11.2. The van der Waals surface area contributed by atoms with Gasteiger partial charge in [0.2, 0.25) is 0 Å². The van der Waals surface area contributed by atoms with Crippen molar-refractivity contribution < 1.29 is 9.53 Å². The first-order chi connectivity index (χ1) is 3.31. The molecule has 40 valence electrons. The summed E-state index contributed by atoms with van der Waals surface area (Å²) in [6.45, 7) is 2.99. The van der Waals surface area contributed by atoms with Crippen LogP contribution in [0.4, 0.5) is 4.79 Å². The number of rotatable bonds is 1. The molecule has 1 N–H and O–H groups in total. The minimum atomic E-state index is -0.602. The lowest BCUT2D eigenvalue weighted by molar-refractivity contribution is 0.171. The van der Waals surface area contributed by atoms with Gasteiger partial charge in [-0.15, -0.1) is 0 Å². The number of carbonyl (C=O) groups is 1. The van der Waals surface area contributed by atoms with Crippen molar-refractivity contribution in [3.63, 3.8) is 0 Å². The van der Waals surface area contributed by atoms with Crippen molar-refractivity contribution in [3.8, 4) is 0 Å². The lowest BCUT2D eigenvalue weighted by Gasteiger charge is -1.91. The van der Waals surface area contributed by atoms with Crippen molar-refractivity contribution in [2.24, 2.45) is 5.10 Å². The van der Waals surface area contributed by atoms with Crippen molar-refractivity contribution >= 4 is 12.8 Å². The Bertz CT molecular complexity index is 81.0. The van der Waals surface area contributed by atoms with Crippen molar-refractivity contribution in [2.45, 2.75) is 0 Å². The molecule has 0 aromatic heterocycles. The highest BCUT2D eigenvalue weighted by Gasteiger charge is 1.88. The molecule has 0 spiro atoms. The van der Waals surface area contributed by atoms with Crippen LogP contribution in [0, 0.1) is 0 Å². The van der Waals surface area contributed by atoms with Crippen LogP contribution in [0.5, 0.6) is 0 Å². The fourth-order valence-corrected chi connectivity index (χ4v) is 0.110. The summed E-state index contributed by atoms with van der Waals surface area (Å²) in [4.78, 5) is 9.94. The Labute approximate surface area is 41.2 Å². The van der Waals surface area contributed by atoms with E-state index in [1.807, 2.05) is 5.43 Å². The Morgan fingerprint density at radius 3 is 2.71 bits per heavy atom. The van der Waals surface area contributed by atoms with E-state index in [0.29, 0.717) is 0 Å². The lowest BCUT2D eigenvalue weighted by Crippen LogP contribution is -2.15. The Morgan fingerprint density at radius 1 is 2.00 bits per heavy atom. The molecule has 4 heteroatoms. The van der Waals surface area contributed by atoms with Gasteiger partial charge in [0.05, 0.1) is 7.11 Å². The highest BCUT2D eigenvalue weighted by Crippen LogP contribution is 1.65. The summed E-state index contributed by atoms with van der Waals surface area (Å²) in [5, 5.41) is 3.03. The number of nitrogens with zero attached hydrogens (tertiary/aromatic N) is 1. The zero-order valence-corrected chi connectivity index (χ0v) is 3.97. The third kappa shape index (κ3) is 2.75. The number of nitrogens with one attached hydrogen (secondary N) is 1. The van der Waals surface area contributed by atoms with Gasteiger partial charge >= 0.3 is 6.09 Å². The average molecular weight is 102 g/mol. The molecule has 7 heavy (non-hydrogen) atoms. The Morgan fingerprint density at radius 2 is 2.57 bits per heavy atom. The number of hydrazone groups is 1. The van der Waals surface area contributed by atoms with E-state index < -0.39 is 6.09 Å². The van der Waals surface area contributed by atoms with Crippen LogP contribution in [0.3, 0.4) is 0 Å². The SMILES string of the molecule is C=NNC(=O)OC. The number of amides is 1. The molecule has 0 heterocycles. The first kappa shape index (κ1) is 5.94. The second-order valence-corrected chi connectivity index (χ2v) is 0.761. The van der Waals surface area contributed by atoms with Gasteiger partial charge in [-0.25, -0.2) is 10.2 Å². The molecule has 0 aliphatic rings. The maximum Gasteiger partial charge on any atom is 0.427 e. The molecule has 0 rings (SSSR count). The zero-order valence-electron chi connectivity index (χ0n) is 3.97. The number of methoxy groups -OCH3 is 1. The number of hydrogen-bond donors (Lipinski definition) is 1. The molecule has 0 radical (unpaired) electrons. The van der Waals surface area contributed by atoms with E-state index in [1.165, 1.54) is 7.11 Å². The van der Waals surface area contributed by atoms with Gasteiger partial charge < -0.3 is 4.74 Å². The highest BCUT2D eigenvalue weighted by molar-refractivity contribution is 5.66. The second-order valence-electron chi connectivity index (χ2n) is 0.761. The van der Waals surface area contributed by atoms with E-state index >= 15 is 0 Å². The van der Waals surface area contributed by atoms with Crippen LogP contribution < -0.4 is 5.43 Å². The monoisotopic (exact) mass is 102 g/mol. The molecule has 1 amide bonds. The molecule has 0 saturated heterocycles. The maximum absolute atomic E-state index is 9.94. The van der Waals surface area contributed by atoms with Gasteiger partial charge in [0, 0.05) is 6.72 Å². The van der Waals surface area contributed by atoms with Crippen molar-refractivity contribution in [2.75, 3.05) is 7.11 Å². The topological polar surface area (TPSA) is 50.7 Å². The van der Waals surface area contributed by atoms with Gasteiger partial charge in [-0.1, -0.05) is 0 Å². The minimum Gasteiger partial charge on any atom is -0.452 e. The second kappa shape index (κ2) is 3.14. The van der Waals surface area contributed by atoms with Gasteiger partial charge in [0.1, 0.15) is 0 Å². The summed E-state index contributed by atoms with van der Waals surface area (Å²) in [5.41, 5.74) is 1.95. The van der Waals surface area contributed by atoms with Crippen LogP contribution in [0.25, 0.3) is 0 Å². The van der Waals surface area contributed by atoms with Crippen LogP contribution in [-0.2, 0) is 4.74 Å². The summed E-state index contributed by atoms with van der Waals surface area (Å²) in [6, 6.07) is 0. The predicted molar refractivity (Wildman–Crippen MR) is 25.1 cm³/mol.